The number of nitrogen functional groups attached to an aromatic ring is 1. The highest BCUT2D eigenvalue weighted by Gasteiger charge is 2.24. The molecular formula is C22H30N4. The van der Waals surface area contributed by atoms with Gasteiger partial charge in [0.2, 0.25) is 0 Å². The molecule has 1 saturated carbocycles. The molecule has 0 unspecified atom stereocenters. The van der Waals surface area contributed by atoms with Crippen LogP contribution < -0.4 is 10.6 Å². The van der Waals surface area contributed by atoms with E-state index in [9.17, 15) is 0 Å². The number of hydrogen-bond acceptors (Lipinski definition) is 4. The molecule has 1 aliphatic rings. The van der Waals surface area contributed by atoms with Gasteiger partial charge in [-0.05, 0) is 36.0 Å². The van der Waals surface area contributed by atoms with Crippen molar-refractivity contribution in [2.24, 2.45) is 0 Å². The van der Waals surface area contributed by atoms with E-state index in [1.807, 2.05) is 0 Å². The summed E-state index contributed by atoms with van der Waals surface area (Å²) in [4.78, 5) is 11.1. The van der Waals surface area contributed by atoms with Crippen LogP contribution in [0.2, 0.25) is 0 Å². The molecule has 4 nitrogen and oxygen atoms in total. The standard InChI is InChI=1S/C22H30N4/c1-4-8-17-11-13-18(14-12-17)16(2)20-21(23)24-15-25-22(20)26(3)19-9-6-5-7-10-19/h11-15,19H,2,4-10H2,1,3H3,(H2,23,24,25). The third-order valence-electron chi connectivity index (χ3n) is 5.46. The molecule has 138 valence electrons. The van der Waals surface area contributed by atoms with Gasteiger partial charge in [-0.25, -0.2) is 9.97 Å². The number of nitrogens with two attached hydrogens (primary N) is 1. The van der Waals surface area contributed by atoms with Crippen molar-refractivity contribution < 1.29 is 0 Å². The lowest BCUT2D eigenvalue weighted by atomic mass is 9.93. The Morgan fingerprint density at radius 2 is 1.85 bits per heavy atom. The van der Waals surface area contributed by atoms with Gasteiger partial charge in [-0.2, -0.15) is 0 Å². The molecule has 0 atom stereocenters. The normalized spacial score (nSPS) is 15.0. The van der Waals surface area contributed by atoms with E-state index in [0.29, 0.717) is 11.9 Å². The maximum Gasteiger partial charge on any atom is 0.142 e. The Labute approximate surface area is 157 Å². The summed E-state index contributed by atoms with van der Waals surface area (Å²) >= 11 is 0. The number of benzene rings is 1. The van der Waals surface area contributed by atoms with E-state index in [-0.39, 0.29) is 0 Å². The van der Waals surface area contributed by atoms with Crippen LogP contribution >= 0.6 is 0 Å². The average molecular weight is 351 g/mol. The Kier molecular flexibility index (Phi) is 5.92. The number of nitrogens with zero attached hydrogens (tertiary/aromatic N) is 3. The fraction of sp³-hybridized carbons (Fsp3) is 0.455. The van der Waals surface area contributed by atoms with Crippen molar-refractivity contribution in [2.45, 2.75) is 57.9 Å². The molecule has 0 saturated heterocycles. The summed E-state index contributed by atoms with van der Waals surface area (Å²) < 4.78 is 0. The zero-order chi connectivity index (χ0) is 18.5. The van der Waals surface area contributed by atoms with E-state index in [0.717, 1.165) is 35.4 Å². The molecule has 26 heavy (non-hydrogen) atoms. The third kappa shape index (κ3) is 3.90. The molecule has 0 amide bonds. The first-order chi connectivity index (χ1) is 12.6. The van der Waals surface area contributed by atoms with Crippen LogP contribution in [0.25, 0.3) is 5.57 Å². The Hall–Kier alpha value is -2.36. The van der Waals surface area contributed by atoms with Gasteiger partial charge in [-0.15, -0.1) is 0 Å². The molecule has 1 aromatic carbocycles. The van der Waals surface area contributed by atoms with Crippen LogP contribution in [0, 0.1) is 0 Å². The second-order valence-corrected chi connectivity index (χ2v) is 7.29. The van der Waals surface area contributed by atoms with E-state index in [2.05, 4.69) is 59.7 Å². The first kappa shape index (κ1) is 18.4. The fourth-order valence-electron chi connectivity index (χ4n) is 3.89. The van der Waals surface area contributed by atoms with E-state index in [1.54, 1.807) is 6.33 Å². The highest BCUT2D eigenvalue weighted by Crippen LogP contribution is 2.35. The first-order valence-electron chi connectivity index (χ1n) is 9.73. The second kappa shape index (κ2) is 8.35. The van der Waals surface area contributed by atoms with Gasteiger partial charge in [-0.1, -0.05) is 63.5 Å². The number of anilines is 2. The SMILES string of the molecule is C=C(c1ccc(CCC)cc1)c1c(N)ncnc1N(C)C1CCCCC1. The second-order valence-electron chi connectivity index (χ2n) is 7.29. The van der Waals surface area contributed by atoms with E-state index in [4.69, 9.17) is 5.73 Å². The Morgan fingerprint density at radius 1 is 1.15 bits per heavy atom. The molecule has 2 aromatic rings. The molecule has 0 radical (unpaired) electrons. The molecule has 2 N–H and O–H groups in total. The molecule has 0 bridgehead atoms. The molecule has 3 rings (SSSR count). The molecule has 0 aliphatic heterocycles. The lowest BCUT2D eigenvalue weighted by Gasteiger charge is -2.33. The highest BCUT2D eigenvalue weighted by molar-refractivity contribution is 5.88. The van der Waals surface area contributed by atoms with Crippen LogP contribution in [-0.4, -0.2) is 23.1 Å². The van der Waals surface area contributed by atoms with Crippen LogP contribution in [0.3, 0.4) is 0 Å². The van der Waals surface area contributed by atoms with Gasteiger partial charge in [0.05, 0.1) is 5.56 Å². The molecule has 1 aromatic heterocycles. The molecule has 1 fully saturated rings. The number of rotatable bonds is 6. The molecule has 1 aliphatic carbocycles. The summed E-state index contributed by atoms with van der Waals surface area (Å²) in [6.07, 6.45) is 10.1. The minimum Gasteiger partial charge on any atom is -0.383 e. The largest absolute Gasteiger partial charge is 0.383 e. The van der Waals surface area contributed by atoms with Gasteiger partial charge in [0.1, 0.15) is 18.0 Å². The minimum absolute atomic E-state index is 0.500. The van der Waals surface area contributed by atoms with Crippen LogP contribution in [0.1, 0.15) is 62.1 Å². The molecular weight excluding hydrogens is 320 g/mol. The zero-order valence-electron chi connectivity index (χ0n) is 16.0. The Morgan fingerprint density at radius 3 is 2.50 bits per heavy atom. The van der Waals surface area contributed by atoms with Gasteiger partial charge in [-0.3, -0.25) is 0 Å². The number of aromatic nitrogens is 2. The summed E-state index contributed by atoms with van der Waals surface area (Å²) in [5.74, 6) is 1.40. The minimum atomic E-state index is 0.500. The topological polar surface area (TPSA) is 55.0 Å². The van der Waals surface area contributed by atoms with Crippen LogP contribution in [-0.2, 0) is 6.42 Å². The maximum atomic E-state index is 6.27. The average Bonchev–Trinajstić information content (AvgIpc) is 2.68. The van der Waals surface area contributed by atoms with Crippen molar-refractivity contribution in [3.8, 4) is 0 Å². The molecule has 4 heteroatoms. The summed E-state index contributed by atoms with van der Waals surface area (Å²) in [6.45, 7) is 6.53. The lowest BCUT2D eigenvalue weighted by molar-refractivity contribution is 0.426. The van der Waals surface area contributed by atoms with Crippen molar-refractivity contribution >= 4 is 17.2 Å². The summed E-state index contributed by atoms with van der Waals surface area (Å²) in [6, 6.07) is 9.12. The summed E-state index contributed by atoms with van der Waals surface area (Å²) in [5.41, 5.74) is 10.4. The zero-order valence-corrected chi connectivity index (χ0v) is 16.0. The summed E-state index contributed by atoms with van der Waals surface area (Å²) in [5, 5.41) is 0. The smallest absolute Gasteiger partial charge is 0.142 e. The predicted octanol–water partition coefficient (Wildman–Crippen LogP) is 4.84. The van der Waals surface area contributed by atoms with Crippen molar-refractivity contribution in [1.29, 1.82) is 0 Å². The van der Waals surface area contributed by atoms with E-state index < -0.39 is 0 Å². The van der Waals surface area contributed by atoms with Gasteiger partial charge in [0, 0.05) is 13.1 Å². The van der Waals surface area contributed by atoms with Crippen molar-refractivity contribution in [3.05, 3.63) is 53.9 Å². The number of aryl methyl sites for hydroxylation is 1. The monoisotopic (exact) mass is 350 g/mol. The van der Waals surface area contributed by atoms with Crippen LogP contribution in [0.4, 0.5) is 11.6 Å². The molecule has 1 heterocycles. The van der Waals surface area contributed by atoms with Crippen LogP contribution in [0.15, 0.2) is 37.2 Å². The Balaban J connectivity index is 1.92. The van der Waals surface area contributed by atoms with Gasteiger partial charge < -0.3 is 10.6 Å². The number of hydrogen-bond donors (Lipinski definition) is 1. The fourth-order valence-corrected chi connectivity index (χ4v) is 3.89. The van der Waals surface area contributed by atoms with Crippen molar-refractivity contribution in [2.75, 3.05) is 17.7 Å². The van der Waals surface area contributed by atoms with Crippen molar-refractivity contribution in [3.63, 3.8) is 0 Å². The van der Waals surface area contributed by atoms with Crippen LogP contribution in [0.5, 0.6) is 0 Å². The lowest BCUT2D eigenvalue weighted by Crippen LogP contribution is -2.34. The van der Waals surface area contributed by atoms with E-state index >= 15 is 0 Å². The quantitative estimate of drug-likeness (QED) is 0.810. The van der Waals surface area contributed by atoms with Crippen molar-refractivity contribution in [1.82, 2.24) is 9.97 Å². The van der Waals surface area contributed by atoms with E-state index in [1.165, 1.54) is 37.7 Å². The first-order valence-corrected chi connectivity index (χ1v) is 9.73. The highest BCUT2D eigenvalue weighted by atomic mass is 15.2. The Bertz CT molecular complexity index is 745. The van der Waals surface area contributed by atoms with Gasteiger partial charge >= 0.3 is 0 Å². The molecule has 0 spiro atoms. The summed E-state index contributed by atoms with van der Waals surface area (Å²) in [7, 11) is 2.12. The predicted molar refractivity (Wildman–Crippen MR) is 110 cm³/mol. The van der Waals surface area contributed by atoms with Gasteiger partial charge in [0.15, 0.2) is 0 Å². The third-order valence-corrected chi connectivity index (χ3v) is 5.46. The maximum absolute atomic E-state index is 6.27. The van der Waals surface area contributed by atoms with Gasteiger partial charge in [0.25, 0.3) is 0 Å².